The Labute approximate surface area is 107 Å². The highest BCUT2D eigenvalue weighted by Crippen LogP contribution is 2.12. The SMILES string of the molecule is Cc1cccc(OCC(=O)NC2CCOCC2)c1. The van der Waals surface area contributed by atoms with Crippen molar-refractivity contribution < 1.29 is 14.3 Å². The molecule has 18 heavy (non-hydrogen) atoms. The van der Waals surface area contributed by atoms with E-state index in [-0.39, 0.29) is 18.6 Å². The summed E-state index contributed by atoms with van der Waals surface area (Å²) < 4.78 is 10.7. The van der Waals surface area contributed by atoms with Gasteiger partial charge in [0.25, 0.3) is 5.91 Å². The summed E-state index contributed by atoms with van der Waals surface area (Å²) in [5.74, 6) is 0.667. The minimum absolute atomic E-state index is 0.0663. The molecule has 0 radical (unpaired) electrons. The Balaban J connectivity index is 1.74. The maximum Gasteiger partial charge on any atom is 0.258 e. The molecule has 0 aliphatic carbocycles. The van der Waals surface area contributed by atoms with Crippen molar-refractivity contribution in [3.8, 4) is 5.75 Å². The Morgan fingerprint density at radius 1 is 1.44 bits per heavy atom. The Morgan fingerprint density at radius 2 is 2.22 bits per heavy atom. The predicted molar refractivity (Wildman–Crippen MR) is 68.7 cm³/mol. The summed E-state index contributed by atoms with van der Waals surface area (Å²) in [4.78, 5) is 11.7. The van der Waals surface area contributed by atoms with Crippen LogP contribution in [0.1, 0.15) is 18.4 Å². The van der Waals surface area contributed by atoms with E-state index in [9.17, 15) is 4.79 Å². The molecule has 0 bridgehead atoms. The zero-order valence-electron chi connectivity index (χ0n) is 10.6. The fourth-order valence-corrected chi connectivity index (χ4v) is 1.97. The highest BCUT2D eigenvalue weighted by atomic mass is 16.5. The number of amides is 1. The van der Waals surface area contributed by atoms with Crippen molar-refractivity contribution >= 4 is 5.91 Å². The van der Waals surface area contributed by atoms with Gasteiger partial charge in [-0.15, -0.1) is 0 Å². The first-order valence-electron chi connectivity index (χ1n) is 6.30. The summed E-state index contributed by atoms with van der Waals surface area (Å²) in [7, 11) is 0. The van der Waals surface area contributed by atoms with Gasteiger partial charge in [-0.2, -0.15) is 0 Å². The topological polar surface area (TPSA) is 47.6 Å². The van der Waals surface area contributed by atoms with E-state index in [0.717, 1.165) is 37.4 Å². The molecular weight excluding hydrogens is 230 g/mol. The van der Waals surface area contributed by atoms with Crippen LogP contribution in [-0.2, 0) is 9.53 Å². The van der Waals surface area contributed by atoms with E-state index >= 15 is 0 Å². The van der Waals surface area contributed by atoms with E-state index < -0.39 is 0 Å². The molecule has 1 aliphatic rings. The van der Waals surface area contributed by atoms with Gasteiger partial charge in [-0.05, 0) is 37.5 Å². The highest BCUT2D eigenvalue weighted by molar-refractivity contribution is 5.77. The second-order valence-electron chi connectivity index (χ2n) is 4.56. The number of rotatable bonds is 4. The van der Waals surface area contributed by atoms with E-state index in [1.165, 1.54) is 0 Å². The third-order valence-corrected chi connectivity index (χ3v) is 2.95. The van der Waals surface area contributed by atoms with Gasteiger partial charge in [0.1, 0.15) is 5.75 Å². The first kappa shape index (κ1) is 12.9. The van der Waals surface area contributed by atoms with Gasteiger partial charge in [0.2, 0.25) is 0 Å². The van der Waals surface area contributed by atoms with Gasteiger partial charge in [-0.1, -0.05) is 12.1 Å². The molecule has 1 aromatic carbocycles. The lowest BCUT2D eigenvalue weighted by Crippen LogP contribution is -2.41. The molecule has 0 unspecified atom stereocenters. The van der Waals surface area contributed by atoms with Crippen LogP contribution in [-0.4, -0.2) is 31.8 Å². The summed E-state index contributed by atoms with van der Waals surface area (Å²) in [6.07, 6.45) is 1.77. The molecule has 0 atom stereocenters. The van der Waals surface area contributed by atoms with Gasteiger partial charge in [0.05, 0.1) is 0 Å². The van der Waals surface area contributed by atoms with E-state index in [1.54, 1.807) is 0 Å². The zero-order valence-corrected chi connectivity index (χ0v) is 10.6. The maximum atomic E-state index is 11.7. The third kappa shape index (κ3) is 4.04. The van der Waals surface area contributed by atoms with Crippen LogP contribution in [0.25, 0.3) is 0 Å². The summed E-state index contributed by atoms with van der Waals surface area (Å²) in [6.45, 7) is 3.52. The van der Waals surface area contributed by atoms with Crippen LogP contribution in [0.2, 0.25) is 0 Å². The van der Waals surface area contributed by atoms with Gasteiger partial charge in [-0.3, -0.25) is 4.79 Å². The average Bonchev–Trinajstić information content (AvgIpc) is 2.38. The quantitative estimate of drug-likeness (QED) is 0.883. The Morgan fingerprint density at radius 3 is 2.94 bits per heavy atom. The molecule has 98 valence electrons. The van der Waals surface area contributed by atoms with Gasteiger partial charge >= 0.3 is 0 Å². The number of ether oxygens (including phenoxy) is 2. The predicted octanol–water partition coefficient (Wildman–Crippen LogP) is 1.67. The molecule has 1 amide bonds. The largest absolute Gasteiger partial charge is 0.484 e. The lowest BCUT2D eigenvalue weighted by molar-refractivity contribution is -0.124. The first-order valence-corrected chi connectivity index (χ1v) is 6.30. The maximum absolute atomic E-state index is 11.7. The molecule has 4 heteroatoms. The number of aryl methyl sites for hydroxylation is 1. The van der Waals surface area contributed by atoms with Gasteiger partial charge in [-0.25, -0.2) is 0 Å². The van der Waals surface area contributed by atoms with Crippen LogP contribution in [0.5, 0.6) is 5.75 Å². The molecule has 4 nitrogen and oxygen atoms in total. The minimum Gasteiger partial charge on any atom is -0.484 e. The summed E-state index contributed by atoms with van der Waals surface area (Å²) in [5.41, 5.74) is 1.12. The number of benzene rings is 1. The van der Waals surface area contributed by atoms with E-state index in [1.807, 2.05) is 31.2 Å². The van der Waals surface area contributed by atoms with Crippen molar-refractivity contribution in [2.45, 2.75) is 25.8 Å². The van der Waals surface area contributed by atoms with Crippen molar-refractivity contribution in [3.63, 3.8) is 0 Å². The third-order valence-electron chi connectivity index (χ3n) is 2.95. The monoisotopic (exact) mass is 249 g/mol. The lowest BCUT2D eigenvalue weighted by atomic mass is 10.1. The molecule has 0 saturated carbocycles. The number of hydrogen-bond donors (Lipinski definition) is 1. The normalized spacial score (nSPS) is 16.3. The number of hydrogen-bond acceptors (Lipinski definition) is 3. The van der Waals surface area contributed by atoms with E-state index in [0.29, 0.717) is 0 Å². The Bertz CT molecular complexity index is 400. The van der Waals surface area contributed by atoms with Gasteiger partial charge < -0.3 is 14.8 Å². The van der Waals surface area contributed by atoms with Gasteiger partial charge in [0, 0.05) is 19.3 Å². The fourth-order valence-electron chi connectivity index (χ4n) is 1.97. The summed E-state index contributed by atoms with van der Waals surface area (Å²) in [5, 5.41) is 2.96. The van der Waals surface area contributed by atoms with Crippen molar-refractivity contribution in [1.29, 1.82) is 0 Å². The van der Waals surface area contributed by atoms with Crippen LogP contribution in [0, 0.1) is 6.92 Å². The molecule has 1 N–H and O–H groups in total. The average molecular weight is 249 g/mol. The number of carbonyl (C=O) groups excluding carboxylic acids is 1. The highest BCUT2D eigenvalue weighted by Gasteiger charge is 2.16. The van der Waals surface area contributed by atoms with Crippen molar-refractivity contribution in [2.75, 3.05) is 19.8 Å². The van der Waals surface area contributed by atoms with Crippen molar-refractivity contribution in [3.05, 3.63) is 29.8 Å². The Hall–Kier alpha value is -1.55. The van der Waals surface area contributed by atoms with E-state index in [2.05, 4.69) is 5.32 Å². The number of carbonyl (C=O) groups is 1. The smallest absolute Gasteiger partial charge is 0.258 e. The Kier molecular flexibility index (Phi) is 4.59. The fraction of sp³-hybridized carbons (Fsp3) is 0.500. The van der Waals surface area contributed by atoms with Crippen molar-refractivity contribution in [2.24, 2.45) is 0 Å². The van der Waals surface area contributed by atoms with Gasteiger partial charge in [0.15, 0.2) is 6.61 Å². The second kappa shape index (κ2) is 6.40. The summed E-state index contributed by atoms with van der Waals surface area (Å²) in [6, 6.07) is 7.92. The van der Waals surface area contributed by atoms with Crippen LogP contribution in [0.15, 0.2) is 24.3 Å². The molecule has 2 rings (SSSR count). The lowest BCUT2D eigenvalue weighted by Gasteiger charge is -2.23. The molecule has 1 fully saturated rings. The number of nitrogens with one attached hydrogen (secondary N) is 1. The molecular formula is C14H19NO3. The van der Waals surface area contributed by atoms with Crippen LogP contribution < -0.4 is 10.1 Å². The van der Waals surface area contributed by atoms with Crippen LogP contribution in [0.4, 0.5) is 0 Å². The molecule has 1 heterocycles. The molecule has 1 aromatic rings. The minimum atomic E-state index is -0.0663. The standard InChI is InChI=1S/C14H19NO3/c1-11-3-2-4-13(9-11)18-10-14(16)15-12-5-7-17-8-6-12/h2-4,9,12H,5-8,10H2,1H3,(H,15,16). The van der Waals surface area contributed by atoms with Crippen molar-refractivity contribution in [1.82, 2.24) is 5.32 Å². The molecule has 0 aromatic heterocycles. The first-order chi connectivity index (χ1) is 8.74. The van der Waals surface area contributed by atoms with Crippen LogP contribution >= 0.6 is 0 Å². The second-order valence-corrected chi connectivity index (χ2v) is 4.56. The molecule has 0 spiro atoms. The molecule has 1 aliphatic heterocycles. The summed E-state index contributed by atoms with van der Waals surface area (Å²) >= 11 is 0. The zero-order chi connectivity index (χ0) is 12.8. The molecule has 1 saturated heterocycles. The van der Waals surface area contributed by atoms with Crippen LogP contribution in [0.3, 0.4) is 0 Å². The van der Waals surface area contributed by atoms with E-state index in [4.69, 9.17) is 9.47 Å².